The minimum Gasteiger partial charge on any atom is -0.453 e. The lowest BCUT2D eigenvalue weighted by Gasteiger charge is -2.15. The average molecular weight is 487 g/mol. The van der Waals surface area contributed by atoms with Crippen LogP contribution in [0.25, 0.3) is 5.69 Å². The summed E-state index contributed by atoms with van der Waals surface area (Å²) in [6.45, 7) is 6.53. The summed E-state index contributed by atoms with van der Waals surface area (Å²) in [7, 11) is 0. The monoisotopic (exact) mass is 486 g/mol. The van der Waals surface area contributed by atoms with Gasteiger partial charge in [0, 0.05) is 17.8 Å². The van der Waals surface area contributed by atoms with E-state index in [4.69, 9.17) is 4.74 Å². The number of halogens is 1. The van der Waals surface area contributed by atoms with Gasteiger partial charge in [0.15, 0.2) is 11.4 Å². The normalized spacial score (nSPS) is 10.8. The maximum Gasteiger partial charge on any atom is 0.299 e. The summed E-state index contributed by atoms with van der Waals surface area (Å²) in [6, 6.07) is 19.7. The molecule has 4 rings (SSSR count). The molecule has 0 saturated carbocycles. The van der Waals surface area contributed by atoms with Crippen LogP contribution in [0.2, 0.25) is 0 Å². The molecule has 0 saturated heterocycles. The molecular formula is C28H27FN4O3. The van der Waals surface area contributed by atoms with E-state index in [0.29, 0.717) is 35.2 Å². The molecule has 0 aliphatic carbocycles. The zero-order valence-corrected chi connectivity index (χ0v) is 20.3. The topological polar surface area (TPSA) is 85.2 Å². The van der Waals surface area contributed by atoms with E-state index in [-0.39, 0.29) is 17.3 Å². The number of ether oxygens (including phenoxy) is 1. The van der Waals surface area contributed by atoms with Crippen LogP contribution in [0.3, 0.4) is 0 Å². The van der Waals surface area contributed by atoms with E-state index in [0.717, 1.165) is 5.56 Å². The number of carbonyl (C=O) groups excluding carboxylic acids is 1. The van der Waals surface area contributed by atoms with Gasteiger partial charge in [-0.2, -0.15) is 9.78 Å². The van der Waals surface area contributed by atoms with Crippen molar-refractivity contribution in [3.8, 4) is 17.2 Å². The van der Waals surface area contributed by atoms with Crippen LogP contribution in [0.1, 0.15) is 29.8 Å². The van der Waals surface area contributed by atoms with E-state index in [1.54, 1.807) is 30.3 Å². The molecule has 0 aliphatic rings. The fourth-order valence-corrected chi connectivity index (χ4v) is 3.43. The summed E-state index contributed by atoms with van der Waals surface area (Å²) in [5.74, 6) is 0.574. The Bertz CT molecular complexity index is 1410. The summed E-state index contributed by atoms with van der Waals surface area (Å²) < 4.78 is 20.6. The summed E-state index contributed by atoms with van der Waals surface area (Å²) in [4.78, 5) is 25.8. The third kappa shape index (κ3) is 5.78. The highest BCUT2D eigenvalue weighted by Crippen LogP contribution is 2.30. The Balaban J connectivity index is 1.69. The lowest BCUT2D eigenvalue weighted by atomic mass is 10.1. The van der Waals surface area contributed by atoms with Crippen molar-refractivity contribution in [2.24, 2.45) is 5.92 Å². The maximum atomic E-state index is 13.5. The average Bonchev–Trinajstić information content (AvgIpc) is 2.87. The van der Waals surface area contributed by atoms with Gasteiger partial charge in [0.2, 0.25) is 0 Å². The van der Waals surface area contributed by atoms with Gasteiger partial charge in [-0.25, -0.2) is 4.39 Å². The van der Waals surface area contributed by atoms with Crippen LogP contribution in [-0.4, -0.2) is 22.2 Å². The van der Waals surface area contributed by atoms with Crippen molar-refractivity contribution in [2.75, 3.05) is 11.9 Å². The first-order valence-corrected chi connectivity index (χ1v) is 11.6. The molecule has 0 atom stereocenters. The zero-order valence-electron chi connectivity index (χ0n) is 20.3. The van der Waals surface area contributed by atoms with Gasteiger partial charge < -0.3 is 15.4 Å². The van der Waals surface area contributed by atoms with E-state index in [1.165, 1.54) is 35.1 Å². The van der Waals surface area contributed by atoms with Crippen molar-refractivity contribution in [1.29, 1.82) is 0 Å². The van der Waals surface area contributed by atoms with Gasteiger partial charge in [-0.05, 0) is 73.0 Å². The van der Waals surface area contributed by atoms with Crippen LogP contribution in [0, 0.1) is 18.7 Å². The molecule has 7 nitrogen and oxygen atoms in total. The lowest BCUT2D eigenvalue weighted by Crippen LogP contribution is -2.27. The van der Waals surface area contributed by atoms with Crippen LogP contribution in [0.15, 0.2) is 83.8 Å². The fraction of sp³-hybridized carbons (Fsp3) is 0.179. The fourth-order valence-electron chi connectivity index (χ4n) is 3.43. The zero-order chi connectivity index (χ0) is 25.7. The first-order chi connectivity index (χ1) is 17.3. The smallest absolute Gasteiger partial charge is 0.299 e. The standard InChI is InChI=1S/C28H27FN4O3/c1-18(2)16-30-27(34)20-8-12-22(13-9-20)32-26-25(36-24-7-5-4-6-19(24)3)17-31-33(28(26)35)23-14-10-21(29)11-15-23/h4-15,17-18,32H,16H2,1-3H3,(H,30,34). The highest BCUT2D eigenvalue weighted by Gasteiger charge is 2.16. The molecular weight excluding hydrogens is 459 g/mol. The molecule has 0 spiro atoms. The van der Waals surface area contributed by atoms with E-state index in [1.807, 2.05) is 39.0 Å². The molecule has 1 amide bonds. The number of para-hydroxylation sites is 1. The van der Waals surface area contributed by atoms with Gasteiger partial charge in [0.25, 0.3) is 11.5 Å². The van der Waals surface area contributed by atoms with Gasteiger partial charge in [-0.15, -0.1) is 0 Å². The first-order valence-electron chi connectivity index (χ1n) is 11.6. The van der Waals surface area contributed by atoms with Crippen molar-refractivity contribution in [3.05, 3.63) is 106 Å². The number of amides is 1. The Morgan fingerprint density at radius 3 is 2.36 bits per heavy atom. The van der Waals surface area contributed by atoms with E-state index < -0.39 is 11.4 Å². The van der Waals surface area contributed by atoms with Crippen molar-refractivity contribution < 1.29 is 13.9 Å². The molecule has 2 N–H and O–H groups in total. The van der Waals surface area contributed by atoms with E-state index in [2.05, 4.69) is 15.7 Å². The quantitative estimate of drug-likeness (QED) is 0.339. The highest BCUT2D eigenvalue weighted by atomic mass is 19.1. The number of hydrogen-bond acceptors (Lipinski definition) is 5. The molecule has 0 unspecified atom stereocenters. The van der Waals surface area contributed by atoms with Crippen LogP contribution in [0.4, 0.5) is 15.8 Å². The van der Waals surface area contributed by atoms with Gasteiger partial charge in [0.05, 0.1) is 11.9 Å². The number of hydrogen-bond donors (Lipinski definition) is 2. The second kappa shape index (κ2) is 10.9. The number of nitrogens with zero attached hydrogens (tertiary/aromatic N) is 2. The Kier molecular flexibility index (Phi) is 7.44. The Morgan fingerprint density at radius 1 is 1.00 bits per heavy atom. The summed E-state index contributed by atoms with van der Waals surface area (Å²) in [5, 5.41) is 10.2. The van der Waals surface area contributed by atoms with Gasteiger partial charge in [-0.1, -0.05) is 32.0 Å². The van der Waals surface area contributed by atoms with Gasteiger partial charge >= 0.3 is 0 Å². The number of aromatic nitrogens is 2. The van der Waals surface area contributed by atoms with Crippen LogP contribution < -0.4 is 20.9 Å². The number of aryl methyl sites for hydroxylation is 1. The van der Waals surface area contributed by atoms with Crippen molar-refractivity contribution in [1.82, 2.24) is 15.1 Å². The SMILES string of the molecule is Cc1ccccc1Oc1cnn(-c2ccc(F)cc2)c(=O)c1Nc1ccc(C(=O)NCC(C)C)cc1. The molecule has 184 valence electrons. The van der Waals surface area contributed by atoms with Crippen LogP contribution in [-0.2, 0) is 0 Å². The van der Waals surface area contributed by atoms with E-state index in [9.17, 15) is 14.0 Å². The molecule has 8 heteroatoms. The first kappa shape index (κ1) is 24.7. The number of benzene rings is 3. The molecule has 1 heterocycles. The second-order valence-electron chi connectivity index (χ2n) is 8.75. The van der Waals surface area contributed by atoms with Gasteiger partial charge in [-0.3, -0.25) is 9.59 Å². The molecule has 0 fully saturated rings. The highest BCUT2D eigenvalue weighted by molar-refractivity contribution is 5.94. The number of nitrogens with one attached hydrogen (secondary N) is 2. The summed E-state index contributed by atoms with van der Waals surface area (Å²) in [6.07, 6.45) is 1.44. The molecule has 1 aromatic heterocycles. The summed E-state index contributed by atoms with van der Waals surface area (Å²) in [5.41, 5.74) is 2.06. The van der Waals surface area contributed by atoms with E-state index >= 15 is 0 Å². The summed E-state index contributed by atoms with van der Waals surface area (Å²) >= 11 is 0. The maximum absolute atomic E-state index is 13.5. The third-order valence-corrected chi connectivity index (χ3v) is 5.42. The molecule has 36 heavy (non-hydrogen) atoms. The molecule has 3 aromatic carbocycles. The van der Waals surface area contributed by atoms with Crippen LogP contribution >= 0.6 is 0 Å². The molecule has 0 radical (unpaired) electrons. The predicted octanol–water partition coefficient (Wildman–Crippen LogP) is 5.60. The molecule has 0 aliphatic heterocycles. The minimum atomic E-state index is -0.480. The Morgan fingerprint density at radius 2 is 1.69 bits per heavy atom. The van der Waals surface area contributed by atoms with Crippen molar-refractivity contribution >= 4 is 17.3 Å². The van der Waals surface area contributed by atoms with Gasteiger partial charge in [0.1, 0.15) is 11.6 Å². The number of rotatable bonds is 8. The second-order valence-corrected chi connectivity index (χ2v) is 8.75. The largest absolute Gasteiger partial charge is 0.453 e. The molecule has 4 aromatic rings. The van der Waals surface area contributed by atoms with Crippen molar-refractivity contribution in [2.45, 2.75) is 20.8 Å². The number of carbonyl (C=O) groups is 1. The Labute approximate surface area is 208 Å². The number of anilines is 2. The lowest BCUT2D eigenvalue weighted by molar-refractivity contribution is 0.0949. The molecule has 0 bridgehead atoms. The predicted molar refractivity (Wildman–Crippen MR) is 138 cm³/mol. The van der Waals surface area contributed by atoms with Crippen LogP contribution in [0.5, 0.6) is 11.5 Å². The minimum absolute atomic E-state index is 0.148. The Hall–Kier alpha value is -4.46. The van der Waals surface area contributed by atoms with Crippen molar-refractivity contribution in [3.63, 3.8) is 0 Å². The third-order valence-electron chi connectivity index (χ3n) is 5.42.